The van der Waals surface area contributed by atoms with Crippen LogP contribution in [0.3, 0.4) is 0 Å². The monoisotopic (exact) mass is 496 g/mol. The molecule has 4 rings (SSSR count). The highest BCUT2D eigenvalue weighted by Gasteiger charge is 2.33. The number of phenolic OH excluding ortho intramolecular Hbond substituents is 2. The third-order valence-electron chi connectivity index (χ3n) is 6.65. The molecule has 0 amide bonds. The van der Waals surface area contributed by atoms with Crippen molar-refractivity contribution < 1.29 is 19.7 Å². The van der Waals surface area contributed by atoms with E-state index in [1.807, 2.05) is 86.6 Å². The molecular formula is C33H36O4. The molecule has 0 saturated carbocycles. The first-order chi connectivity index (χ1) is 17.9. The van der Waals surface area contributed by atoms with Crippen LogP contribution in [0.1, 0.15) is 51.7 Å². The maximum atomic E-state index is 10.9. The van der Waals surface area contributed by atoms with Crippen molar-refractivity contribution in [2.75, 3.05) is 13.2 Å². The summed E-state index contributed by atoms with van der Waals surface area (Å²) in [6.45, 7) is 9.43. The van der Waals surface area contributed by atoms with Gasteiger partial charge < -0.3 is 19.7 Å². The maximum Gasteiger partial charge on any atom is 0.169 e. The van der Waals surface area contributed by atoms with E-state index in [9.17, 15) is 10.2 Å². The van der Waals surface area contributed by atoms with Gasteiger partial charge in [-0.05, 0) is 47.2 Å². The van der Waals surface area contributed by atoms with Gasteiger partial charge in [0.2, 0.25) is 0 Å². The topological polar surface area (TPSA) is 58.9 Å². The van der Waals surface area contributed by atoms with Crippen molar-refractivity contribution >= 4 is 0 Å². The molecule has 0 saturated heterocycles. The van der Waals surface area contributed by atoms with Gasteiger partial charge in [0.1, 0.15) is 0 Å². The summed E-state index contributed by atoms with van der Waals surface area (Å²) in [6.07, 6.45) is 1.66. The number of hydrogen-bond acceptors (Lipinski definition) is 4. The standard InChI is InChI=1S/C33H36O4/c1-5-21-36-31-27(34)19-17-25(29(31)23-13-9-7-10-14-23)33(3,4)26-18-20-28(35)32(37-22-6-2)30(26)24-15-11-8-12-16-24/h7-20,34-35H,5-6,21-22H2,1-4H3. The van der Waals surface area contributed by atoms with Crippen LogP contribution in [-0.4, -0.2) is 23.4 Å². The van der Waals surface area contributed by atoms with Gasteiger partial charge in [-0.25, -0.2) is 0 Å². The van der Waals surface area contributed by atoms with Gasteiger partial charge in [0.05, 0.1) is 13.2 Å². The predicted octanol–water partition coefficient (Wildman–Crippen LogP) is 8.34. The molecule has 0 spiro atoms. The molecule has 37 heavy (non-hydrogen) atoms. The molecule has 4 aromatic carbocycles. The highest BCUT2D eigenvalue weighted by Crippen LogP contribution is 2.51. The van der Waals surface area contributed by atoms with E-state index in [0.717, 1.165) is 46.2 Å². The molecule has 4 nitrogen and oxygen atoms in total. The average Bonchev–Trinajstić information content (AvgIpc) is 2.92. The minimum Gasteiger partial charge on any atom is -0.504 e. The molecule has 2 N–H and O–H groups in total. The van der Waals surface area contributed by atoms with Gasteiger partial charge in [-0.3, -0.25) is 0 Å². The van der Waals surface area contributed by atoms with Crippen molar-refractivity contribution in [2.24, 2.45) is 0 Å². The molecule has 0 fully saturated rings. The summed E-state index contributed by atoms with van der Waals surface area (Å²) >= 11 is 0. The zero-order chi connectivity index (χ0) is 26.4. The van der Waals surface area contributed by atoms with Crippen LogP contribution in [0.5, 0.6) is 23.0 Å². The number of benzene rings is 4. The number of ether oxygens (including phenoxy) is 2. The molecule has 4 aromatic rings. The Bertz CT molecular complexity index is 1220. The quantitative estimate of drug-likeness (QED) is 0.232. The lowest BCUT2D eigenvalue weighted by atomic mass is 9.72. The fraction of sp³-hybridized carbons (Fsp3) is 0.273. The van der Waals surface area contributed by atoms with E-state index in [1.165, 1.54) is 0 Å². The molecule has 0 heterocycles. The van der Waals surface area contributed by atoms with E-state index in [-0.39, 0.29) is 11.5 Å². The van der Waals surface area contributed by atoms with Gasteiger partial charge in [0, 0.05) is 16.5 Å². The van der Waals surface area contributed by atoms with Crippen molar-refractivity contribution in [3.63, 3.8) is 0 Å². The molecule has 0 bridgehead atoms. The molecule has 0 aliphatic rings. The molecule has 4 heteroatoms. The van der Waals surface area contributed by atoms with Crippen LogP contribution in [0.2, 0.25) is 0 Å². The Balaban J connectivity index is 2.02. The number of rotatable bonds is 10. The second-order valence-corrected chi connectivity index (χ2v) is 9.73. The highest BCUT2D eigenvalue weighted by molar-refractivity contribution is 5.83. The average molecular weight is 497 g/mol. The SMILES string of the molecule is CCCOc1c(O)ccc(C(C)(C)c2ccc(O)c(OCCC)c2-c2ccccc2)c1-c1ccccc1. The first kappa shape index (κ1) is 26.2. The fourth-order valence-electron chi connectivity index (χ4n) is 4.81. The number of hydrogen-bond donors (Lipinski definition) is 2. The Labute approximate surface area is 220 Å². The summed E-state index contributed by atoms with van der Waals surface area (Å²) in [5.41, 5.74) is 5.13. The van der Waals surface area contributed by atoms with Gasteiger partial charge in [-0.1, -0.05) is 100 Å². The van der Waals surface area contributed by atoms with Crippen molar-refractivity contribution in [3.8, 4) is 45.3 Å². The number of phenols is 2. The Morgan fingerprint density at radius 1 is 0.568 bits per heavy atom. The summed E-state index contributed by atoms with van der Waals surface area (Å²) in [7, 11) is 0. The van der Waals surface area contributed by atoms with Crippen LogP contribution < -0.4 is 9.47 Å². The normalized spacial score (nSPS) is 11.4. The lowest BCUT2D eigenvalue weighted by Crippen LogP contribution is -2.22. The maximum absolute atomic E-state index is 10.9. The van der Waals surface area contributed by atoms with Gasteiger partial charge in [-0.2, -0.15) is 0 Å². The summed E-state index contributed by atoms with van der Waals surface area (Å²) < 4.78 is 12.3. The minimum atomic E-state index is -0.549. The summed E-state index contributed by atoms with van der Waals surface area (Å²) in [4.78, 5) is 0. The Kier molecular flexibility index (Phi) is 8.08. The summed E-state index contributed by atoms with van der Waals surface area (Å²) in [5, 5.41) is 21.7. The van der Waals surface area contributed by atoms with Gasteiger partial charge >= 0.3 is 0 Å². The third-order valence-corrected chi connectivity index (χ3v) is 6.65. The van der Waals surface area contributed by atoms with Crippen LogP contribution in [0.4, 0.5) is 0 Å². The zero-order valence-electron chi connectivity index (χ0n) is 22.1. The van der Waals surface area contributed by atoms with Crippen molar-refractivity contribution in [1.29, 1.82) is 0 Å². The van der Waals surface area contributed by atoms with Gasteiger partial charge in [0.15, 0.2) is 23.0 Å². The molecular weight excluding hydrogens is 460 g/mol. The Hall–Kier alpha value is -3.92. The lowest BCUT2D eigenvalue weighted by molar-refractivity contribution is 0.299. The fourth-order valence-corrected chi connectivity index (χ4v) is 4.81. The second kappa shape index (κ2) is 11.4. The van der Waals surface area contributed by atoms with E-state index >= 15 is 0 Å². The number of aromatic hydroxyl groups is 2. The molecule has 0 aliphatic heterocycles. The molecule has 0 radical (unpaired) electrons. The molecule has 0 atom stereocenters. The molecule has 0 aliphatic carbocycles. The van der Waals surface area contributed by atoms with Crippen LogP contribution in [0, 0.1) is 0 Å². The molecule has 0 unspecified atom stereocenters. The third kappa shape index (κ3) is 5.29. The Morgan fingerprint density at radius 2 is 0.946 bits per heavy atom. The van der Waals surface area contributed by atoms with Crippen molar-refractivity contribution in [3.05, 3.63) is 96.1 Å². The highest BCUT2D eigenvalue weighted by atomic mass is 16.5. The van der Waals surface area contributed by atoms with E-state index in [2.05, 4.69) is 13.8 Å². The second-order valence-electron chi connectivity index (χ2n) is 9.73. The minimum absolute atomic E-state index is 0.118. The van der Waals surface area contributed by atoms with Crippen LogP contribution in [-0.2, 0) is 5.41 Å². The predicted molar refractivity (Wildman–Crippen MR) is 151 cm³/mol. The van der Waals surface area contributed by atoms with Crippen LogP contribution >= 0.6 is 0 Å². The van der Waals surface area contributed by atoms with Crippen molar-refractivity contribution in [2.45, 2.75) is 46.0 Å². The van der Waals surface area contributed by atoms with Crippen LogP contribution in [0.25, 0.3) is 22.3 Å². The van der Waals surface area contributed by atoms with E-state index < -0.39 is 5.41 Å². The first-order valence-corrected chi connectivity index (χ1v) is 13.0. The van der Waals surface area contributed by atoms with E-state index in [0.29, 0.717) is 24.7 Å². The van der Waals surface area contributed by atoms with Gasteiger partial charge in [0.25, 0.3) is 0 Å². The Morgan fingerprint density at radius 3 is 1.30 bits per heavy atom. The largest absolute Gasteiger partial charge is 0.504 e. The van der Waals surface area contributed by atoms with Crippen LogP contribution in [0.15, 0.2) is 84.9 Å². The summed E-state index contributed by atoms with van der Waals surface area (Å²) in [6, 6.07) is 27.5. The summed E-state index contributed by atoms with van der Waals surface area (Å²) in [5.74, 6) is 1.21. The van der Waals surface area contributed by atoms with E-state index in [4.69, 9.17) is 9.47 Å². The molecule has 0 aromatic heterocycles. The van der Waals surface area contributed by atoms with Crippen molar-refractivity contribution in [1.82, 2.24) is 0 Å². The first-order valence-electron chi connectivity index (χ1n) is 13.0. The van der Waals surface area contributed by atoms with Gasteiger partial charge in [-0.15, -0.1) is 0 Å². The zero-order valence-corrected chi connectivity index (χ0v) is 22.1. The smallest absolute Gasteiger partial charge is 0.169 e. The molecule has 192 valence electrons. The van der Waals surface area contributed by atoms with E-state index in [1.54, 1.807) is 12.1 Å². The lowest BCUT2D eigenvalue weighted by Gasteiger charge is -2.33.